The molecule has 136 valence electrons. The van der Waals surface area contributed by atoms with Gasteiger partial charge in [0, 0.05) is 11.2 Å². The van der Waals surface area contributed by atoms with Gasteiger partial charge in [0.2, 0.25) is 0 Å². The second-order valence-electron chi connectivity index (χ2n) is 6.93. The summed E-state index contributed by atoms with van der Waals surface area (Å²) in [5, 5.41) is 0.257. The molecular weight excluding hydrogens is 380 g/mol. The van der Waals surface area contributed by atoms with E-state index in [0.717, 1.165) is 0 Å². The van der Waals surface area contributed by atoms with Crippen molar-refractivity contribution in [2.24, 2.45) is 0 Å². The molecule has 0 saturated heterocycles. The van der Waals surface area contributed by atoms with Gasteiger partial charge < -0.3 is 0 Å². The van der Waals surface area contributed by atoms with Crippen LogP contribution in [-0.2, 0) is 21.9 Å². The Bertz CT molecular complexity index is 491. The molecule has 0 unspecified atom stereocenters. The molecule has 10 radical (unpaired) electrons. The first-order valence-electron chi connectivity index (χ1n) is 8.61. The van der Waals surface area contributed by atoms with Crippen LogP contribution in [0.2, 0.25) is 0 Å². The van der Waals surface area contributed by atoms with Gasteiger partial charge in [-0.2, -0.15) is 0 Å². The van der Waals surface area contributed by atoms with E-state index in [1.807, 2.05) is 63.1 Å². The van der Waals surface area contributed by atoms with Crippen molar-refractivity contribution in [2.75, 3.05) is 0 Å². The molecule has 3 rings (SSSR count). The minimum Gasteiger partial charge on any atom is -0.287 e. The molecule has 2 aliphatic rings. The number of thioether (sulfide) groups is 1. The molecule has 1 aromatic carbocycles. The molecule has 2 fully saturated rings. The molecule has 0 heterocycles. The predicted octanol–water partition coefficient (Wildman–Crippen LogP) is 5.64. The van der Waals surface area contributed by atoms with E-state index in [1.165, 1.54) is 23.2 Å². The third kappa shape index (κ3) is 9.11. The van der Waals surface area contributed by atoms with E-state index in [0.29, 0.717) is 6.42 Å². The zero-order chi connectivity index (χ0) is 18.1. The van der Waals surface area contributed by atoms with E-state index >= 15 is 0 Å². The Hall–Kier alpha value is -0.241. The van der Waals surface area contributed by atoms with E-state index in [2.05, 4.69) is 45.7 Å². The van der Waals surface area contributed by atoms with Gasteiger partial charge in [-0.25, -0.2) is 0 Å². The van der Waals surface area contributed by atoms with Crippen LogP contribution in [0.25, 0.3) is 0 Å². The summed E-state index contributed by atoms with van der Waals surface area (Å²) in [5.74, 6) is 1.38. The molecule has 3 heteroatoms. The van der Waals surface area contributed by atoms with Crippen molar-refractivity contribution in [3.8, 4) is 0 Å². The molecule has 26 heavy (non-hydrogen) atoms. The smallest absolute Gasteiger partial charge is 0.287 e. The molecule has 2 saturated carbocycles. The van der Waals surface area contributed by atoms with E-state index in [-0.39, 0.29) is 32.8 Å². The van der Waals surface area contributed by atoms with E-state index < -0.39 is 0 Å². The number of hydrogen-bond donors (Lipinski definition) is 0. The maximum atomic E-state index is 12.3. The van der Waals surface area contributed by atoms with Crippen LogP contribution in [0.5, 0.6) is 0 Å². The molecule has 1 nitrogen and oxygen atoms in total. The molecule has 0 bridgehead atoms. The number of carbonyl (C=O) groups excluding carboxylic acids is 1. The number of carbonyl (C=O) groups is 1. The van der Waals surface area contributed by atoms with Crippen LogP contribution in [0.1, 0.15) is 38.7 Å². The van der Waals surface area contributed by atoms with Gasteiger partial charge >= 0.3 is 17.1 Å². The molecule has 1 aromatic rings. The molecule has 0 aliphatic heterocycles. The standard InChI is InChI=1S/C18H21OS.C5H5.Fe/c1-18(2,3)20-17(19)13-16(15-11-7-8-12-15)14-9-5-4-6-10-14;1-2-4-5-3-1;/h4-12,16H,13H2,1-3H3;1-5H;/q;;+2/t16-;;/m1../s1. The monoisotopic (exact) mass is 406 g/mol. The molecule has 2 aliphatic carbocycles. The summed E-state index contributed by atoms with van der Waals surface area (Å²) in [5.41, 5.74) is 1.21. The largest absolute Gasteiger partial charge is 2.00 e. The van der Waals surface area contributed by atoms with E-state index in [4.69, 9.17) is 0 Å². The van der Waals surface area contributed by atoms with E-state index in [9.17, 15) is 4.79 Å². The molecule has 0 aromatic heterocycles. The van der Waals surface area contributed by atoms with Crippen LogP contribution >= 0.6 is 11.8 Å². The van der Waals surface area contributed by atoms with E-state index in [1.54, 1.807) is 0 Å². The van der Waals surface area contributed by atoms with Gasteiger partial charge in [-0.3, -0.25) is 4.79 Å². The van der Waals surface area contributed by atoms with Gasteiger partial charge in [0.15, 0.2) is 5.12 Å². The van der Waals surface area contributed by atoms with Crippen molar-refractivity contribution in [1.82, 2.24) is 0 Å². The number of benzene rings is 1. The van der Waals surface area contributed by atoms with Gasteiger partial charge in [0.05, 0.1) is 0 Å². The van der Waals surface area contributed by atoms with Crippen molar-refractivity contribution in [1.29, 1.82) is 0 Å². The summed E-state index contributed by atoms with van der Waals surface area (Å²) in [6.07, 6.45) is 18.8. The quantitative estimate of drug-likeness (QED) is 0.602. The van der Waals surface area contributed by atoms with Crippen molar-refractivity contribution in [3.05, 3.63) is 99.6 Å². The van der Waals surface area contributed by atoms with Gasteiger partial charge in [-0.05, 0) is 75.2 Å². The Morgan fingerprint density at radius 2 is 1.38 bits per heavy atom. The summed E-state index contributed by atoms with van der Waals surface area (Å²) in [6.45, 7) is 6.24. The van der Waals surface area contributed by atoms with Crippen LogP contribution in [-0.4, -0.2) is 9.86 Å². The molecule has 0 amide bonds. The van der Waals surface area contributed by atoms with Gasteiger partial charge in [0.1, 0.15) is 0 Å². The van der Waals surface area contributed by atoms with Crippen molar-refractivity contribution in [2.45, 2.75) is 37.9 Å². The Morgan fingerprint density at radius 3 is 1.85 bits per heavy atom. The van der Waals surface area contributed by atoms with Gasteiger partial charge in [-0.15, -0.1) is 0 Å². The van der Waals surface area contributed by atoms with Gasteiger partial charge in [-0.1, -0.05) is 62.9 Å². The summed E-state index contributed by atoms with van der Waals surface area (Å²) >= 11 is 1.44. The number of rotatable bonds is 4. The molecule has 1 atom stereocenters. The Kier molecular flexibility index (Phi) is 11.2. The summed E-state index contributed by atoms with van der Waals surface area (Å²) in [7, 11) is 0. The summed E-state index contributed by atoms with van der Waals surface area (Å²) in [4.78, 5) is 12.3. The SMILES string of the molecule is CC(C)(C)SC(=O)C[C@@H]([C]1[CH][CH][CH][CH]1)c1ccccc1.[CH]1[CH][CH][CH][CH]1.[Fe+2]. The second-order valence-corrected chi connectivity index (χ2v) is 8.82. The second kappa shape index (κ2) is 12.3. The minimum absolute atomic E-state index is 0. The third-order valence-electron chi connectivity index (χ3n) is 3.64. The number of hydrogen-bond acceptors (Lipinski definition) is 2. The summed E-state index contributed by atoms with van der Waals surface area (Å²) in [6, 6.07) is 10.3. The molecule has 0 spiro atoms. The van der Waals surface area contributed by atoms with Crippen LogP contribution in [0.15, 0.2) is 30.3 Å². The Morgan fingerprint density at radius 1 is 0.885 bits per heavy atom. The molecule has 0 N–H and O–H groups in total. The fraction of sp³-hybridized carbons (Fsp3) is 0.261. The van der Waals surface area contributed by atoms with Crippen LogP contribution in [0, 0.1) is 63.7 Å². The minimum atomic E-state index is -0.0235. The van der Waals surface area contributed by atoms with Crippen LogP contribution < -0.4 is 0 Å². The van der Waals surface area contributed by atoms with Gasteiger partial charge in [0.25, 0.3) is 0 Å². The fourth-order valence-electron chi connectivity index (χ4n) is 2.61. The maximum Gasteiger partial charge on any atom is 2.00 e. The Labute approximate surface area is 176 Å². The zero-order valence-corrected chi connectivity index (χ0v) is 17.5. The topological polar surface area (TPSA) is 17.1 Å². The van der Waals surface area contributed by atoms with Crippen molar-refractivity contribution >= 4 is 16.9 Å². The van der Waals surface area contributed by atoms with Crippen LogP contribution in [0.4, 0.5) is 0 Å². The zero-order valence-electron chi connectivity index (χ0n) is 15.5. The first kappa shape index (κ1) is 23.8. The summed E-state index contributed by atoms with van der Waals surface area (Å²) < 4.78 is -0.0235. The average Bonchev–Trinajstić information content (AvgIpc) is 3.27. The maximum absolute atomic E-state index is 12.3. The average molecular weight is 406 g/mol. The van der Waals surface area contributed by atoms with Crippen molar-refractivity contribution < 1.29 is 21.9 Å². The van der Waals surface area contributed by atoms with Crippen molar-refractivity contribution in [3.63, 3.8) is 0 Å². The third-order valence-corrected chi connectivity index (χ3v) is 4.65. The molecular formula is C23H26FeOS+2. The first-order valence-corrected chi connectivity index (χ1v) is 9.42. The predicted molar refractivity (Wildman–Crippen MR) is 108 cm³/mol. The fourth-order valence-corrected chi connectivity index (χ4v) is 3.54. The first-order chi connectivity index (χ1) is 12.0. The Balaban J connectivity index is 0.000000486. The normalized spacial score (nSPS) is 18.6. The van der Waals surface area contributed by atoms with Crippen LogP contribution in [0.3, 0.4) is 0 Å².